The third-order valence-corrected chi connectivity index (χ3v) is 7.01. The van der Waals surface area contributed by atoms with Crippen LogP contribution in [-0.4, -0.2) is 0 Å². The van der Waals surface area contributed by atoms with Crippen molar-refractivity contribution in [2.45, 2.75) is 118 Å². The van der Waals surface area contributed by atoms with E-state index < -0.39 is 0 Å². The molecule has 1 aromatic carbocycles. The lowest BCUT2D eigenvalue weighted by Gasteiger charge is -2.34. The van der Waals surface area contributed by atoms with Crippen molar-refractivity contribution >= 4 is 0 Å². The first-order valence-corrected chi connectivity index (χ1v) is 12.1. The molecule has 2 rings (SSSR count). The predicted molar refractivity (Wildman–Crippen MR) is 121 cm³/mol. The third kappa shape index (κ3) is 6.10. The molecule has 0 heteroatoms. The molecule has 0 heterocycles. The largest absolute Gasteiger partial charge is 0.0654 e. The highest BCUT2D eigenvalue weighted by atomic mass is 14.3. The van der Waals surface area contributed by atoms with Crippen molar-refractivity contribution in [3.8, 4) is 0 Å². The van der Waals surface area contributed by atoms with Crippen LogP contribution >= 0.6 is 0 Å². The highest BCUT2D eigenvalue weighted by molar-refractivity contribution is 5.48. The van der Waals surface area contributed by atoms with Crippen molar-refractivity contribution in [1.29, 1.82) is 0 Å². The Bertz CT molecular complexity index is 535. The van der Waals surface area contributed by atoms with Gasteiger partial charge in [0.2, 0.25) is 0 Å². The van der Waals surface area contributed by atoms with Crippen molar-refractivity contribution in [3.63, 3.8) is 0 Å². The standard InChI is InChI=1S/C27H45/c1-6-10-15-22(8-3)20-27(23-16-12-11-13-17-23)26-19-18-21(5)24(9-4)25(26)14-7-2/h18-19,22-23H,6-17,20H2,1-5H3. The van der Waals surface area contributed by atoms with Crippen LogP contribution in [0.3, 0.4) is 0 Å². The molecular formula is C27H45. The van der Waals surface area contributed by atoms with Crippen LogP contribution in [0.1, 0.15) is 121 Å². The van der Waals surface area contributed by atoms with Crippen LogP contribution in [0.25, 0.3) is 0 Å². The number of benzene rings is 1. The first kappa shape index (κ1) is 22.5. The van der Waals surface area contributed by atoms with E-state index in [2.05, 4.69) is 46.8 Å². The molecule has 1 unspecified atom stereocenters. The van der Waals surface area contributed by atoms with E-state index in [9.17, 15) is 0 Å². The van der Waals surface area contributed by atoms with Gasteiger partial charge >= 0.3 is 0 Å². The monoisotopic (exact) mass is 369 g/mol. The highest BCUT2D eigenvalue weighted by Gasteiger charge is 2.30. The lowest BCUT2D eigenvalue weighted by molar-refractivity contribution is 0.333. The molecule has 0 aromatic heterocycles. The van der Waals surface area contributed by atoms with Crippen LogP contribution in [0.5, 0.6) is 0 Å². The Balaban J connectivity index is 2.39. The van der Waals surface area contributed by atoms with Crippen molar-refractivity contribution in [2.75, 3.05) is 0 Å². The fraction of sp³-hybridized carbons (Fsp3) is 0.741. The SMILES string of the molecule is CCCCC(CC)C[C](c1ccc(C)c(CC)c1CCC)C1CCCCC1. The first-order chi connectivity index (χ1) is 13.2. The zero-order valence-electron chi connectivity index (χ0n) is 19.0. The van der Waals surface area contributed by atoms with E-state index in [0.717, 1.165) is 11.8 Å². The van der Waals surface area contributed by atoms with Crippen LogP contribution in [-0.2, 0) is 12.8 Å². The Morgan fingerprint density at radius 1 is 0.963 bits per heavy atom. The minimum Gasteiger partial charge on any atom is -0.0654 e. The van der Waals surface area contributed by atoms with Gasteiger partial charge in [-0.15, -0.1) is 0 Å². The molecule has 0 N–H and O–H groups in total. The maximum Gasteiger partial charge on any atom is 0.00863 e. The summed E-state index contributed by atoms with van der Waals surface area (Å²) in [6.45, 7) is 11.8. The Morgan fingerprint density at radius 3 is 2.30 bits per heavy atom. The number of hydrogen-bond donors (Lipinski definition) is 0. The molecule has 1 atom stereocenters. The van der Waals surface area contributed by atoms with Crippen LogP contribution < -0.4 is 0 Å². The molecule has 1 aliphatic carbocycles. The third-order valence-electron chi connectivity index (χ3n) is 7.01. The Hall–Kier alpha value is -0.780. The van der Waals surface area contributed by atoms with Crippen LogP contribution in [0.2, 0.25) is 0 Å². The second kappa shape index (κ2) is 11.9. The van der Waals surface area contributed by atoms with Gasteiger partial charge in [0.05, 0.1) is 0 Å². The molecule has 27 heavy (non-hydrogen) atoms. The zero-order valence-corrected chi connectivity index (χ0v) is 19.0. The van der Waals surface area contributed by atoms with E-state index in [-0.39, 0.29) is 0 Å². The summed E-state index contributed by atoms with van der Waals surface area (Å²) in [4.78, 5) is 0. The van der Waals surface area contributed by atoms with E-state index in [1.54, 1.807) is 16.7 Å². The summed E-state index contributed by atoms with van der Waals surface area (Å²) in [5.41, 5.74) is 6.52. The molecule has 1 radical (unpaired) electrons. The van der Waals surface area contributed by atoms with Gasteiger partial charge in [-0.3, -0.25) is 0 Å². The summed E-state index contributed by atoms with van der Waals surface area (Å²) < 4.78 is 0. The summed E-state index contributed by atoms with van der Waals surface area (Å²) >= 11 is 0. The topological polar surface area (TPSA) is 0 Å². The average Bonchev–Trinajstić information content (AvgIpc) is 2.70. The van der Waals surface area contributed by atoms with Gasteiger partial charge < -0.3 is 0 Å². The van der Waals surface area contributed by atoms with Gasteiger partial charge in [-0.05, 0) is 73.1 Å². The molecule has 0 saturated heterocycles. The molecule has 0 amide bonds. The normalized spacial score (nSPS) is 16.8. The Kier molecular flexibility index (Phi) is 9.94. The molecule has 1 aliphatic rings. The number of rotatable bonds is 11. The molecule has 153 valence electrons. The Labute approximate surface area is 170 Å². The average molecular weight is 370 g/mol. The molecule has 1 aromatic rings. The summed E-state index contributed by atoms with van der Waals surface area (Å²) in [5, 5.41) is 0. The smallest absolute Gasteiger partial charge is 0.00863 e. The van der Waals surface area contributed by atoms with Crippen molar-refractivity contribution in [3.05, 3.63) is 40.3 Å². The quantitative estimate of drug-likeness (QED) is 0.366. The van der Waals surface area contributed by atoms with Gasteiger partial charge in [0.25, 0.3) is 0 Å². The minimum atomic E-state index is 0.845. The van der Waals surface area contributed by atoms with Gasteiger partial charge in [0, 0.05) is 5.92 Å². The van der Waals surface area contributed by atoms with E-state index in [0.29, 0.717) is 0 Å². The molecule has 1 saturated carbocycles. The summed E-state index contributed by atoms with van der Waals surface area (Å²) in [6, 6.07) is 4.93. The lowest BCUT2D eigenvalue weighted by Crippen LogP contribution is -2.22. The van der Waals surface area contributed by atoms with E-state index in [4.69, 9.17) is 0 Å². The van der Waals surface area contributed by atoms with Gasteiger partial charge in [0.15, 0.2) is 0 Å². The second-order valence-corrected chi connectivity index (χ2v) is 8.97. The zero-order chi connectivity index (χ0) is 19.6. The van der Waals surface area contributed by atoms with Gasteiger partial charge in [-0.2, -0.15) is 0 Å². The van der Waals surface area contributed by atoms with Crippen molar-refractivity contribution < 1.29 is 0 Å². The lowest BCUT2D eigenvalue weighted by atomic mass is 9.70. The van der Waals surface area contributed by atoms with Gasteiger partial charge in [-0.1, -0.05) is 91.2 Å². The first-order valence-electron chi connectivity index (χ1n) is 12.1. The minimum absolute atomic E-state index is 0.845. The number of unbranched alkanes of at least 4 members (excludes halogenated alkanes) is 1. The van der Waals surface area contributed by atoms with Gasteiger partial charge in [-0.25, -0.2) is 0 Å². The summed E-state index contributed by atoms with van der Waals surface area (Å²) in [6.07, 6.45) is 17.7. The molecular weight excluding hydrogens is 324 g/mol. The van der Waals surface area contributed by atoms with Crippen molar-refractivity contribution in [2.24, 2.45) is 11.8 Å². The fourth-order valence-electron chi connectivity index (χ4n) is 5.34. The van der Waals surface area contributed by atoms with Crippen LogP contribution in [0.4, 0.5) is 0 Å². The highest BCUT2D eigenvalue weighted by Crippen LogP contribution is 2.42. The van der Waals surface area contributed by atoms with Crippen LogP contribution in [0.15, 0.2) is 12.1 Å². The second-order valence-electron chi connectivity index (χ2n) is 8.97. The molecule has 0 spiro atoms. The van der Waals surface area contributed by atoms with E-state index >= 15 is 0 Å². The number of hydrogen-bond acceptors (Lipinski definition) is 0. The maximum atomic E-state index is 2.51. The number of aryl methyl sites for hydroxylation is 1. The summed E-state index contributed by atoms with van der Waals surface area (Å²) in [5.74, 6) is 3.57. The van der Waals surface area contributed by atoms with E-state index in [1.165, 1.54) is 89.0 Å². The van der Waals surface area contributed by atoms with Gasteiger partial charge in [0.1, 0.15) is 0 Å². The van der Waals surface area contributed by atoms with Crippen LogP contribution in [0, 0.1) is 24.7 Å². The predicted octanol–water partition coefficient (Wildman–Crippen LogP) is 8.62. The summed E-state index contributed by atoms with van der Waals surface area (Å²) in [7, 11) is 0. The van der Waals surface area contributed by atoms with Crippen molar-refractivity contribution in [1.82, 2.24) is 0 Å². The molecule has 0 bridgehead atoms. The fourth-order valence-corrected chi connectivity index (χ4v) is 5.34. The Morgan fingerprint density at radius 2 is 1.70 bits per heavy atom. The molecule has 0 nitrogen and oxygen atoms in total. The molecule has 0 aliphatic heterocycles. The van der Waals surface area contributed by atoms with E-state index in [1.807, 2.05) is 5.92 Å². The molecule has 1 fully saturated rings. The maximum absolute atomic E-state index is 2.51.